The molecule has 0 heterocycles. The third kappa shape index (κ3) is 4.91. The van der Waals surface area contributed by atoms with Gasteiger partial charge in [-0.15, -0.1) is 0 Å². The molecule has 0 aromatic carbocycles. The van der Waals surface area contributed by atoms with Crippen molar-refractivity contribution in [2.45, 2.75) is 26.8 Å². The molecule has 18 heavy (non-hydrogen) atoms. The van der Waals surface area contributed by atoms with Crippen LogP contribution in [0.4, 0.5) is 4.79 Å². The highest BCUT2D eigenvalue weighted by Gasteiger charge is 2.28. The van der Waals surface area contributed by atoms with Gasteiger partial charge in [0.2, 0.25) is 11.2 Å². The quantitative estimate of drug-likeness (QED) is 0.810. The molecule has 0 spiro atoms. The zero-order valence-electron chi connectivity index (χ0n) is 12.3. The predicted octanol–water partition coefficient (Wildman–Crippen LogP) is 0.829. The number of amides is 1. The minimum Gasteiger partial charge on any atom is -0.452 e. The van der Waals surface area contributed by atoms with Crippen LogP contribution in [0.1, 0.15) is 20.8 Å². The fraction of sp³-hybridized carbons (Fsp3) is 0.909. The molecule has 0 bridgehead atoms. The number of likely N-dealkylation sites (N-methyl/N-ethyl adjacent to an activating group) is 2. The predicted molar refractivity (Wildman–Crippen MR) is 73.2 cm³/mol. The summed E-state index contributed by atoms with van der Waals surface area (Å²) in [7, 11) is 6.30. The van der Waals surface area contributed by atoms with Gasteiger partial charge >= 0.3 is 6.09 Å². The van der Waals surface area contributed by atoms with Gasteiger partial charge in [0.05, 0.1) is 7.11 Å². The maximum atomic E-state index is 12.1. The molecule has 0 aromatic rings. The van der Waals surface area contributed by atoms with E-state index in [-0.39, 0.29) is 11.5 Å². The second-order valence-corrected chi connectivity index (χ2v) is 6.85. The van der Waals surface area contributed by atoms with E-state index in [1.807, 2.05) is 7.05 Å². The molecular formula is C11H25N3O3S. The third-order valence-corrected chi connectivity index (χ3v) is 4.07. The van der Waals surface area contributed by atoms with Gasteiger partial charge in [-0.2, -0.15) is 0 Å². The van der Waals surface area contributed by atoms with Gasteiger partial charge in [-0.1, -0.05) is 20.8 Å². The molecule has 0 fully saturated rings. The van der Waals surface area contributed by atoms with Gasteiger partial charge in [-0.3, -0.25) is 0 Å². The second kappa shape index (κ2) is 7.06. The van der Waals surface area contributed by atoms with E-state index in [0.717, 1.165) is 4.31 Å². The number of nitrogens with one attached hydrogen (secondary N) is 1. The van der Waals surface area contributed by atoms with E-state index >= 15 is 0 Å². The molecule has 0 aliphatic rings. The molecule has 0 saturated carbocycles. The van der Waals surface area contributed by atoms with Crippen molar-refractivity contribution in [3.63, 3.8) is 0 Å². The summed E-state index contributed by atoms with van der Waals surface area (Å²) in [5, 5.41) is 3.20. The maximum absolute atomic E-state index is 12.1. The number of carbonyl (C=O) groups is 1. The Balaban J connectivity index is 4.61. The minimum absolute atomic E-state index is 0.0387. The molecule has 0 radical (unpaired) electrons. The van der Waals surface area contributed by atoms with E-state index in [0.29, 0.717) is 6.54 Å². The van der Waals surface area contributed by atoms with Crippen molar-refractivity contribution >= 4 is 17.3 Å². The number of ether oxygens (including phenoxy) is 1. The van der Waals surface area contributed by atoms with Crippen molar-refractivity contribution in [1.82, 2.24) is 13.9 Å². The van der Waals surface area contributed by atoms with E-state index in [1.54, 1.807) is 11.4 Å². The number of hydrogen-bond acceptors (Lipinski definition) is 4. The largest absolute Gasteiger partial charge is 0.452 e. The lowest BCUT2D eigenvalue weighted by Gasteiger charge is -2.34. The Labute approximate surface area is 112 Å². The fourth-order valence-corrected chi connectivity index (χ4v) is 2.42. The molecular weight excluding hydrogens is 254 g/mol. The Bertz CT molecular complexity index is 304. The summed E-state index contributed by atoms with van der Waals surface area (Å²) in [5.74, 6) is 0. The number of nitrogens with zero attached hydrogens (tertiary/aromatic N) is 2. The van der Waals surface area contributed by atoms with Crippen LogP contribution in [0.2, 0.25) is 0 Å². The maximum Gasteiger partial charge on any atom is 0.422 e. The average molecular weight is 279 g/mol. The van der Waals surface area contributed by atoms with Crippen LogP contribution in [0.3, 0.4) is 0 Å². The van der Waals surface area contributed by atoms with Crippen molar-refractivity contribution in [2.75, 3.05) is 34.8 Å². The van der Waals surface area contributed by atoms with E-state index < -0.39 is 17.3 Å². The lowest BCUT2D eigenvalue weighted by molar-refractivity contribution is 0.154. The fourth-order valence-electron chi connectivity index (χ4n) is 1.52. The molecule has 6 nitrogen and oxygen atoms in total. The zero-order chi connectivity index (χ0) is 14.5. The molecule has 0 aliphatic heterocycles. The monoisotopic (exact) mass is 279 g/mol. The van der Waals surface area contributed by atoms with Crippen molar-refractivity contribution < 1.29 is 13.7 Å². The second-order valence-electron chi connectivity index (χ2n) is 5.22. The third-order valence-electron chi connectivity index (χ3n) is 2.77. The number of hydrogen-bond donors (Lipinski definition) is 1. The lowest BCUT2D eigenvalue weighted by Crippen LogP contribution is -2.49. The molecule has 0 aromatic heterocycles. The Kier molecular flexibility index (Phi) is 6.80. The van der Waals surface area contributed by atoms with Crippen LogP contribution in [0.5, 0.6) is 0 Å². The molecule has 108 valence electrons. The van der Waals surface area contributed by atoms with Crippen LogP contribution in [-0.4, -0.2) is 59.8 Å². The van der Waals surface area contributed by atoms with Gasteiger partial charge in [0.1, 0.15) is 0 Å². The van der Waals surface area contributed by atoms with Crippen molar-refractivity contribution in [3.8, 4) is 0 Å². The molecule has 7 heteroatoms. The number of carbonyl (C=O) groups excluding carboxylic acids is 1. The first-order valence-electron chi connectivity index (χ1n) is 5.77. The summed E-state index contributed by atoms with van der Waals surface area (Å²) in [6.07, 6.45) is -0.614. The Hall–Kier alpha value is -0.660. The molecule has 1 amide bonds. The standard InChI is InChI=1S/C11H25N3O3S/c1-11(2,3)9(12-4)8-13(5)18(16)14(6)10(15)17-7/h9,12H,8H2,1-7H3/t9-,18?/m1/s1. The smallest absolute Gasteiger partial charge is 0.422 e. The minimum atomic E-state index is -1.54. The molecule has 0 aliphatic carbocycles. The number of methoxy groups -OCH3 is 1. The van der Waals surface area contributed by atoms with Crippen LogP contribution >= 0.6 is 0 Å². The zero-order valence-corrected chi connectivity index (χ0v) is 13.1. The lowest BCUT2D eigenvalue weighted by atomic mass is 9.87. The Morgan fingerprint density at radius 2 is 1.89 bits per heavy atom. The summed E-state index contributed by atoms with van der Waals surface area (Å²) >= 11 is -1.54. The topological polar surface area (TPSA) is 61.9 Å². The Morgan fingerprint density at radius 1 is 1.39 bits per heavy atom. The van der Waals surface area contributed by atoms with Crippen molar-refractivity contribution in [1.29, 1.82) is 0 Å². The van der Waals surface area contributed by atoms with Crippen molar-refractivity contribution in [3.05, 3.63) is 0 Å². The van der Waals surface area contributed by atoms with E-state index in [2.05, 4.69) is 30.8 Å². The molecule has 1 N–H and O–H groups in total. The van der Waals surface area contributed by atoms with E-state index in [1.165, 1.54) is 14.2 Å². The summed E-state index contributed by atoms with van der Waals surface area (Å²) in [4.78, 5) is 11.3. The normalized spacial score (nSPS) is 15.3. The molecule has 1 unspecified atom stereocenters. The van der Waals surface area contributed by atoms with Gasteiger partial charge in [0.25, 0.3) is 0 Å². The summed E-state index contributed by atoms with van der Waals surface area (Å²) < 4.78 is 19.3. The number of rotatable bonds is 5. The summed E-state index contributed by atoms with van der Waals surface area (Å²) in [6, 6.07) is 0.164. The highest BCUT2D eigenvalue weighted by Crippen LogP contribution is 2.20. The van der Waals surface area contributed by atoms with Gasteiger partial charge in [0, 0.05) is 26.7 Å². The van der Waals surface area contributed by atoms with Gasteiger partial charge < -0.3 is 10.1 Å². The van der Waals surface area contributed by atoms with Gasteiger partial charge in [0.15, 0.2) is 0 Å². The van der Waals surface area contributed by atoms with Crippen LogP contribution in [0, 0.1) is 5.41 Å². The van der Waals surface area contributed by atoms with E-state index in [9.17, 15) is 9.00 Å². The highest BCUT2D eigenvalue weighted by atomic mass is 32.2. The van der Waals surface area contributed by atoms with Crippen LogP contribution in [0.25, 0.3) is 0 Å². The molecule has 0 saturated heterocycles. The Morgan fingerprint density at radius 3 is 2.22 bits per heavy atom. The van der Waals surface area contributed by atoms with Crippen LogP contribution in [-0.2, 0) is 15.9 Å². The first-order valence-corrected chi connectivity index (χ1v) is 6.83. The van der Waals surface area contributed by atoms with Crippen molar-refractivity contribution in [2.24, 2.45) is 5.41 Å². The van der Waals surface area contributed by atoms with Crippen LogP contribution in [0.15, 0.2) is 0 Å². The van der Waals surface area contributed by atoms with E-state index in [4.69, 9.17) is 0 Å². The first kappa shape index (κ1) is 17.3. The molecule has 0 rings (SSSR count). The first-order chi connectivity index (χ1) is 8.15. The average Bonchev–Trinajstić information content (AvgIpc) is 2.30. The summed E-state index contributed by atoms with van der Waals surface area (Å²) in [6.45, 7) is 6.88. The SMILES string of the molecule is CN[C@H](CN(C)S(=O)N(C)C(=O)OC)C(C)(C)C. The van der Waals surface area contributed by atoms with Gasteiger partial charge in [-0.25, -0.2) is 17.6 Å². The van der Waals surface area contributed by atoms with Crippen LogP contribution < -0.4 is 5.32 Å². The van der Waals surface area contributed by atoms with Gasteiger partial charge in [-0.05, 0) is 12.5 Å². The molecule has 2 atom stereocenters. The highest BCUT2D eigenvalue weighted by molar-refractivity contribution is 7.80. The summed E-state index contributed by atoms with van der Waals surface area (Å²) in [5.41, 5.74) is 0.0387.